The van der Waals surface area contributed by atoms with E-state index in [2.05, 4.69) is 90.5 Å². The zero-order valence-electron chi connectivity index (χ0n) is 23.1. The maximum Gasteiger partial charge on any atom is 0.223 e. The highest BCUT2D eigenvalue weighted by Gasteiger charge is 2.26. The maximum atomic E-state index is 13.5. The van der Waals surface area contributed by atoms with Gasteiger partial charge in [-0.1, -0.05) is 90.5 Å². The number of carbonyl (C=O) groups is 1. The van der Waals surface area contributed by atoms with Crippen LogP contribution in [0.4, 0.5) is 0 Å². The second-order valence-corrected chi connectivity index (χ2v) is 10.9. The number of nitrogens with zero attached hydrogens (tertiary/aromatic N) is 2. The van der Waals surface area contributed by atoms with Crippen LogP contribution in [-0.4, -0.2) is 28.5 Å². The molecule has 0 bridgehead atoms. The van der Waals surface area contributed by atoms with Gasteiger partial charge in [-0.2, -0.15) is 0 Å². The minimum absolute atomic E-state index is 0.0413. The topological polar surface area (TPSA) is 34.5 Å². The molecule has 0 saturated carbocycles. The Balaban J connectivity index is 1.33. The fourth-order valence-corrected chi connectivity index (χ4v) is 5.79. The van der Waals surface area contributed by atoms with Crippen LogP contribution in [0.15, 0.2) is 109 Å². The Morgan fingerprint density at radius 3 is 2.25 bits per heavy atom. The number of ether oxygens (including phenoxy) is 1. The summed E-state index contributed by atoms with van der Waals surface area (Å²) in [6.45, 7) is 5.18. The summed E-state index contributed by atoms with van der Waals surface area (Å²) in [5, 5.41) is 1.21. The average Bonchev–Trinajstić information content (AvgIpc) is 3.66. The molecule has 1 saturated heterocycles. The van der Waals surface area contributed by atoms with Crippen LogP contribution < -0.4 is 4.74 Å². The van der Waals surface area contributed by atoms with E-state index in [4.69, 9.17) is 4.74 Å². The lowest BCUT2D eigenvalue weighted by atomic mass is 9.87. The summed E-state index contributed by atoms with van der Waals surface area (Å²) >= 11 is 0. The van der Waals surface area contributed by atoms with Crippen molar-refractivity contribution in [1.29, 1.82) is 0 Å². The molecule has 1 atom stereocenters. The SMILES string of the molecule is Cc1ccc(Cn2cc([C@H](CC(=O)N3CCCC3)c3ccc(OCc4ccccc4)cc3)c3ccccc32)cc1. The van der Waals surface area contributed by atoms with E-state index in [1.165, 1.54) is 27.6 Å². The molecule has 0 N–H and O–H groups in total. The minimum atomic E-state index is -0.0413. The number of amides is 1. The summed E-state index contributed by atoms with van der Waals surface area (Å²) in [7, 11) is 0. The molecule has 0 spiro atoms. The Bertz CT molecular complexity index is 1560. The summed E-state index contributed by atoms with van der Waals surface area (Å²) in [6.07, 6.45) is 4.93. The van der Waals surface area contributed by atoms with Gasteiger partial charge in [0, 0.05) is 49.1 Å². The van der Waals surface area contributed by atoms with Gasteiger partial charge >= 0.3 is 0 Å². The number of fused-ring (bicyclic) bond motifs is 1. The van der Waals surface area contributed by atoms with E-state index >= 15 is 0 Å². The number of aromatic nitrogens is 1. The molecule has 1 amide bonds. The predicted octanol–water partition coefficient (Wildman–Crippen LogP) is 7.72. The molecule has 4 nitrogen and oxygen atoms in total. The quantitative estimate of drug-likeness (QED) is 0.196. The molecule has 0 unspecified atom stereocenters. The molecule has 0 radical (unpaired) electrons. The Hall–Kier alpha value is -4.31. The van der Waals surface area contributed by atoms with E-state index < -0.39 is 0 Å². The lowest BCUT2D eigenvalue weighted by molar-refractivity contribution is -0.130. The Morgan fingerprint density at radius 2 is 1.50 bits per heavy atom. The Kier molecular flexibility index (Phi) is 7.67. The summed E-state index contributed by atoms with van der Waals surface area (Å²) in [5.41, 5.74) is 7.20. The van der Waals surface area contributed by atoms with Gasteiger partial charge in [0.2, 0.25) is 5.91 Å². The van der Waals surface area contributed by atoms with Crippen molar-refractivity contribution in [3.8, 4) is 5.75 Å². The Labute approximate surface area is 236 Å². The van der Waals surface area contributed by atoms with E-state index in [1.807, 2.05) is 35.2 Å². The third kappa shape index (κ3) is 5.81. The molecular weight excluding hydrogens is 492 g/mol. The fourth-order valence-electron chi connectivity index (χ4n) is 5.79. The van der Waals surface area contributed by atoms with E-state index in [-0.39, 0.29) is 11.8 Å². The largest absolute Gasteiger partial charge is 0.489 e. The molecule has 1 fully saturated rings. The third-order valence-electron chi connectivity index (χ3n) is 8.04. The zero-order valence-corrected chi connectivity index (χ0v) is 23.1. The van der Waals surface area contributed by atoms with Crippen molar-refractivity contribution in [1.82, 2.24) is 9.47 Å². The zero-order chi connectivity index (χ0) is 27.3. The van der Waals surface area contributed by atoms with Crippen LogP contribution in [0.2, 0.25) is 0 Å². The van der Waals surface area contributed by atoms with Gasteiger partial charge in [-0.15, -0.1) is 0 Å². The first-order valence-corrected chi connectivity index (χ1v) is 14.3. The summed E-state index contributed by atoms with van der Waals surface area (Å²) in [5.74, 6) is 1.03. The highest BCUT2D eigenvalue weighted by molar-refractivity contribution is 5.87. The highest BCUT2D eigenvalue weighted by Crippen LogP contribution is 2.36. The van der Waals surface area contributed by atoms with Gasteiger partial charge in [-0.05, 0) is 60.2 Å². The van der Waals surface area contributed by atoms with Gasteiger partial charge in [0.1, 0.15) is 12.4 Å². The van der Waals surface area contributed by atoms with Gasteiger partial charge in [0.25, 0.3) is 0 Å². The summed E-state index contributed by atoms with van der Waals surface area (Å²) in [6, 6.07) is 35.9. The van der Waals surface area contributed by atoms with E-state index in [1.54, 1.807) is 0 Å². The van der Waals surface area contributed by atoms with Crippen LogP contribution in [0.1, 0.15) is 53.0 Å². The smallest absolute Gasteiger partial charge is 0.223 e. The van der Waals surface area contributed by atoms with Crippen LogP contribution in [0.3, 0.4) is 0 Å². The van der Waals surface area contributed by atoms with Crippen molar-refractivity contribution in [2.75, 3.05) is 13.1 Å². The fraction of sp³-hybridized carbons (Fsp3) is 0.250. The number of likely N-dealkylation sites (tertiary alicyclic amines) is 1. The van der Waals surface area contributed by atoms with Crippen molar-refractivity contribution in [3.63, 3.8) is 0 Å². The van der Waals surface area contributed by atoms with Crippen molar-refractivity contribution in [3.05, 3.63) is 137 Å². The monoisotopic (exact) mass is 528 g/mol. The molecule has 4 heteroatoms. The van der Waals surface area contributed by atoms with Crippen LogP contribution in [0, 0.1) is 6.92 Å². The number of benzene rings is 4. The standard InChI is InChI=1S/C36H36N2O2/c1-27-13-15-28(16-14-27)24-38-25-34(32-11-5-6-12-35(32)38)33(23-36(39)37-21-7-8-22-37)30-17-19-31(20-18-30)40-26-29-9-3-2-4-10-29/h2-6,9-20,25,33H,7-8,21-24,26H2,1H3/t33-/m1/s1. The predicted molar refractivity (Wildman–Crippen MR) is 162 cm³/mol. The second-order valence-electron chi connectivity index (χ2n) is 10.9. The second kappa shape index (κ2) is 11.8. The average molecular weight is 529 g/mol. The molecule has 6 rings (SSSR count). The van der Waals surface area contributed by atoms with Crippen LogP contribution >= 0.6 is 0 Å². The first-order valence-electron chi connectivity index (χ1n) is 14.3. The number of aryl methyl sites for hydroxylation is 1. The number of hydrogen-bond acceptors (Lipinski definition) is 2. The van der Waals surface area contributed by atoms with E-state index in [0.717, 1.165) is 49.4 Å². The van der Waals surface area contributed by atoms with Gasteiger partial charge in [-0.3, -0.25) is 4.79 Å². The molecule has 1 aromatic heterocycles. The van der Waals surface area contributed by atoms with Gasteiger partial charge in [-0.25, -0.2) is 0 Å². The number of carbonyl (C=O) groups excluding carboxylic acids is 1. The van der Waals surface area contributed by atoms with Gasteiger partial charge in [0.05, 0.1) is 0 Å². The van der Waals surface area contributed by atoms with Crippen molar-refractivity contribution >= 4 is 16.8 Å². The van der Waals surface area contributed by atoms with E-state index in [0.29, 0.717) is 13.0 Å². The maximum absolute atomic E-state index is 13.5. The van der Waals surface area contributed by atoms with Crippen molar-refractivity contribution < 1.29 is 9.53 Å². The highest BCUT2D eigenvalue weighted by atomic mass is 16.5. The molecule has 1 aliphatic heterocycles. The summed E-state index contributed by atoms with van der Waals surface area (Å²) in [4.78, 5) is 15.5. The third-order valence-corrected chi connectivity index (χ3v) is 8.04. The molecule has 202 valence electrons. The van der Waals surface area contributed by atoms with Gasteiger partial charge < -0.3 is 14.2 Å². The minimum Gasteiger partial charge on any atom is -0.489 e. The Morgan fingerprint density at radius 1 is 0.800 bits per heavy atom. The van der Waals surface area contributed by atoms with Crippen LogP contribution in [-0.2, 0) is 17.9 Å². The van der Waals surface area contributed by atoms with Crippen molar-refractivity contribution in [2.24, 2.45) is 0 Å². The molecule has 40 heavy (non-hydrogen) atoms. The van der Waals surface area contributed by atoms with Crippen molar-refractivity contribution in [2.45, 2.75) is 45.3 Å². The molecule has 1 aliphatic rings. The number of para-hydroxylation sites is 1. The summed E-state index contributed by atoms with van der Waals surface area (Å²) < 4.78 is 8.40. The lowest BCUT2D eigenvalue weighted by Gasteiger charge is -2.22. The number of hydrogen-bond donors (Lipinski definition) is 0. The van der Waals surface area contributed by atoms with Crippen LogP contribution in [0.5, 0.6) is 5.75 Å². The molecule has 0 aliphatic carbocycles. The van der Waals surface area contributed by atoms with Gasteiger partial charge in [0.15, 0.2) is 0 Å². The number of rotatable bonds is 9. The van der Waals surface area contributed by atoms with E-state index in [9.17, 15) is 4.79 Å². The normalized spacial score (nSPS) is 14.0. The molecular formula is C36H36N2O2. The molecule has 4 aromatic carbocycles. The first kappa shape index (κ1) is 25.9. The molecule has 5 aromatic rings. The lowest BCUT2D eigenvalue weighted by Crippen LogP contribution is -2.29. The first-order chi connectivity index (χ1) is 19.6. The molecule has 2 heterocycles. The van der Waals surface area contributed by atoms with Crippen LogP contribution in [0.25, 0.3) is 10.9 Å².